The maximum absolute atomic E-state index is 4.92. The fourth-order valence-corrected chi connectivity index (χ4v) is 132. The summed E-state index contributed by atoms with van der Waals surface area (Å²) >= 11 is -9.85. The first-order chi connectivity index (χ1) is 40.6. The predicted molar refractivity (Wildman–Crippen MR) is 372 cm³/mol. The average molecular weight is 1470 g/mol. The summed E-state index contributed by atoms with van der Waals surface area (Å²) in [7, 11) is 0. The van der Waals surface area contributed by atoms with Crippen molar-refractivity contribution < 1.29 is 32.4 Å². The summed E-state index contributed by atoms with van der Waals surface area (Å²) in [5, 5.41) is 0. The van der Waals surface area contributed by atoms with E-state index in [2.05, 4.69) is 278 Å². The molecule has 0 nitrogen and oxygen atoms in total. The third-order valence-electron chi connectivity index (χ3n) is 25.0. The van der Waals surface area contributed by atoms with E-state index in [9.17, 15) is 0 Å². The van der Waals surface area contributed by atoms with Gasteiger partial charge in [-0.25, -0.2) is 0 Å². The SMILES string of the molecule is CCC1=Cc2c(-c3ccccc3)cccc2[CH]1[Hf]([CH3])([CH3])([CH2]CCCC[CH2][Hf]([CH3])([CH3])([SiH2]C)([CH]1C(CC)=Cc2c(-c3ccccc3)cccc21)[CH]1C(CC)=Cc2c(-c3ccccc3)cccc21)([SiH2]C)[CH]1C(CC)=Cc2c(-c3ccccc3)cccc21. The van der Waals surface area contributed by atoms with Crippen molar-refractivity contribution in [3.05, 3.63) is 261 Å². The summed E-state index contributed by atoms with van der Waals surface area (Å²) in [5.74, 6) is 0. The number of hydrogen-bond acceptors (Lipinski definition) is 0. The Labute approximate surface area is 504 Å². The van der Waals surface area contributed by atoms with Crippen molar-refractivity contribution in [3.63, 3.8) is 0 Å². The van der Waals surface area contributed by atoms with Crippen LogP contribution in [0.5, 0.6) is 0 Å². The van der Waals surface area contributed by atoms with Crippen molar-refractivity contribution in [2.75, 3.05) is 0 Å². The predicted octanol–water partition coefficient (Wildman–Crippen LogP) is 23.2. The van der Waals surface area contributed by atoms with Crippen LogP contribution in [0.4, 0.5) is 0 Å². The van der Waals surface area contributed by atoms with Crippen LogP contribution in [0.2, 0.25) is 40.2 Å². The van der Waals surface area contributed by atoms with Crippen LogP contribution in [0.15, 0.2) is 216 Å². The van der Waals surface area contributed by atoms with Crippen LogP contribution in [-0.2, 0) is 32.4 Å². The Bertz CT molecular complexity index is 3470. The molecule has 4 unspecified atom stereocenters. The summed E-state index contributed by atoms with van der Waals surface area (Å²) in [6.07, 6.45) is 20.6. The van der Waals surface area contributed by atoms with Crippen molar-refractivity contribution in [2.24, 2.45) is 0 Å². The van der Waals surface area contributed by atoms with Crippen LogP contribution >= 0.6 is 0 Å². The Balaban J connectivity index is 0.969. The van der Waals surface area contributed by atoms with E-state index >= 15 is 0 Å². The fraction of sp³-hybridized carbons (Fsp3) is 0.300. The molecule has 0 spiro atoms. The van der Waals surface area contributed by atoms with Gasteiger partial charge in [-0.3, -0.25) is 0 Å². The van der Waals surface area contributed by atoms with Gasteiger partial charge in [-0.15, -0.1) is 0 Å². The van der Waals surface area contributed by atoms with Gasteiger partial charge in [-0.05, 0) is 0 Å². The van der Waals surface area contributed by atoms with Crippen LogP contribution in [0.3, 0.4) is 0 Å². The second-order valence-electron chi connectivity index (χ2n) is 29.9. The van der Waals surface area contributed by atoms with E-state index in [1.165, 1.54) is 101 Å². The summed E-state index contributed by atoms with van der Waals surface area (Å²) in [6.45, 7) is 14.3. The molecule has 84 heavy (non-hydrogen) atoms. The maximum atomic E-state index is 3.10. The first kappa shape index (κ1) is 59.2. The van der Waals surface area contributed by atoms with Gasteiger partial charge in [0.1, 0.15) is 0 Å². The standard InChI is InChI=1S/4C17H15.C6H12.2CH5Si.4CH3.2Hf/c4*1-2-13-11-15-9-6-10-16(17(15)12-13)14-7-4-3-5-8-14;1-3-5-6-4-2;2*1-2;;;;;;/h4*3-12H,2H2,1H3;1-6H2;2*2H2,1H3;4*1H3;;. The molecule has 12 rings (SSSR count). The Morgan fingerprint density at radius 1 is 0.286 bits per heavy atom. The van der Waals surface area contributed by atoms with Crippen molar-refractivity contribution >= 4 is 37.7 Å². The summed E-state index contributed by atoms with van der Waals surface area (Å²) < 4.78 is 17.2. The monoisotopic (exact) mass is 1470 g/mol. The summed E-state index contributed by atoms with van der Waals surface area (Å²) in [6, 6.07) is 75.1. The first-order valence-electron chi connectivity index (χ1n) is 33.0. The fourth-order valence-electron chi connectivity index (χ4n) is 20.1. The van der Waals surface area contributed by atoms with Crippen LogP contribution in [0.1, 0.15) is 138 Å². The van der Waals surface area contributed by atoms with E-state index < -0.39 is 45.8 Å². The van der Waals surface area contributed by atoms with E-state index in [1.807, 2.05) is 0 Å². The number of unbranched alkanes of at least 4 members (excludes halogenated alkanes) is 3. The van der Waals surface area contributed by atoms with E-state index in [-0.39, 0.29) is 0 Å². The molecule has 0 aliphatic heterocycles. The number of benzene rings is 8. The van der Waals surface area contributed by atoms with Crippen molar-refractivity contribution in [3.8, 4) is 44.5 Å². The van der Waals surface area contributed by atoms with E-state index in [4.69, 9.17) is 0 Å². The van der Waals surface area contributed by atoms with Crippen LogP contribution in [0, 0.1) is 0 Å². The van der Waals surface area contributed by atoms with Gasteiger partial charge in [0.2, 0.25) is 0 Å². The molecule has 0 saturated carbocycles. The number of fused-ring (bicyclic) bond motifs is 4. The second-order valence-corrected chi connectivity index (χ2v) is 165. The van der Waals surface area contributed by atoms with Gasteiger partial charge in [0.25, 0.3) is 0 Å². The van der Waals surface area contributed by atoms with Gasteiger partial charge in [0, 0.05) is 0 Å². The minimum atomic E-state index is -4.92. The van der Waals surface area contributed by atoms with Crippen LogP contribution in [0.25, 0.3) is 68.8 Å². The molecule has 8 aromatic carbocycles. The van der Waals surface area contributed by atoms with E-state index in [1.54, 1.807) is 44.5 Å². The second kappa shape index (κ2) is 21.9. The van der Waals surface area contributed by atoms with Crippen molar-refractivity contribution in [1.82, 2.24) is 0 Å². The molecule has 4 heteroatoms. The molecular formula is C80H94Hf2Si2. The molecule has 0 amide bonds. The van der Waals surface area contributed by atoms with Crippen LogP contribution < -0.4 is 0 Å². The molecule has 4 aliphatic rings. The normalized spacial score (nSPS) is 19.9. The molecular weight excluding hydrogens is 1370 g/mol. The number of rotatable bonds is 21. The topological polar surface area (TPSA) is 0 Å². The first-order valence-corrected chi connectivity index (χ1v) is 80.2. The third-order valence-corrected chi connectivity index (χ3v) is 168. The molecule has 0 bridgehead atoms. The van der Waals surface area contributed by atoms with Gasteiger partial charge in [-0.2, -0.15) is 0 Å². The molecule has 4 aliphatic carbocycles. The van der Waals surface area contributed by atoms with Gasteiger partial charge in [0.15, 0.2) is 0 Å². The number of hydrogen-bond donors (Lipinski definition) is 0. The summed E-state index contributed by atoms with van der Waals surface area (Å²) in [5.41, 5.74) is 30.6. The molecule has 8 aromatic rings. The van der Waals surface area contributed by atoms with Gasteiger partial charge < -0.3 is 0 Å². The van der Waals surface area contributed by atoms with E-state index in [0.29, 0.717) is 14.7 Å². The minimum absolute atomic E-state index is 0.504. The Morgan fingerprint density at radius 2 is 0.512 bits per heavy atom. The zero-order valence-corrected chi connectivity index (χ0v) is 62.6. The molecule has 0 saturated heterocycles. The Kier molecular flexibility index (Phi) is 15.5. The summed E-state index contributed by atoms with van der Waals surface area (Å²) in [4.78, 5) is 0. The van der Waals surface area contributed by atoms with E-state index in [0.717, 1.165) is 25.7 Å². The zero-order chi connectivity index (χ0) is 58.6. The molecule has 0 radical (unpaired) electrons. The molecule has 0 heterocycles. The molecule has 0 aromatic heterocycles. The van der Waals surface area contributed by atoms with Crippen molar-refractivity contribution in [1.29, 1.82) is 0 Å². The Hall–Kier alpha value is -5.11. The molecule has 0 fully saturated rings. The zero-order valence-electron chi connectivity index (χ0n) is 52.6. The molecule has 4 atom stereocenters. The van der Waals surface area contributed by atoms with Gasteiger partial charge in [-0.1, -0.05) is 0 Å². The van der Waals surface area contributed by atoms with Crippen molar-refractivity contribution in [2.45, 2.75) is 134 Å². The Morgan fingerprint density at radius 3 is 0.714 bits per heavy atom. The average Bonchev–Trinajstić information content (AvgIpc) is 1.30. The molecule has 0 N–H and O–H groups in total. The number of allylic oxidation sites excluding steroid dienone is 4. The van der Waals surface area contributed by atoms with Crippen LogP contribution in [-0.4, -0.2) is 13.4 Å². The molecule has 430 valence electrons. The van der Waals surface area contributed by atoms with Gasteiger partial charge in [0.05, 0.1) is 0 Å². The quantitative estimate of drug-likeness (QED) is 0.0497. The third kappa shape index (κ3) is 9.16. The van der Waals surface area contributed by atoms with Gasteiger partial charge >= 0.3 is 509 Å².